The quantitative estimate of drug-likeness (QED) is 0.910. The molecule has 1 heterocycles. The van der Waals surface area contributed by atoms with Gasteiger partial charge in [0.1, 0.15) is 10.7 Å². The number of hydrogen-bond donors (Lipinski definition) is 2. The minimum atomic E-state index is -1.15. The number of carbonyl (C=O) groups is 2. The van der Waals surface area contributed by atoms with Crippen LogP contribution in [0.2, 0.25) is 0 Å². The molecule has 1 aliphatic carbocycles. The molecule has 1 aliphatic rings. The van der Waals surface area contributed by atoms with Crippen molar-refractivity contribution >= 4 is 28.3 Å². The Labute approximate surface area is 123 Å². The fraction of sp³-hybridized carbons (Fsp3) is 0.214. The van der Waals surface area contributed by atoms with Crippen LogP contribution in [0.25, 0.3) is 11.3 Å². The van der Waals surface area contributed by atoms with Crippen LogP contribution in [0.5, 0.6) is 0 Å². The van der Waals surface area contributed by atoms with Gasteiger partial charge in [-0.15, -0.1) is 0 Å². The molecule has 0 radical (unpaired) electrons. The predicted octanol–water partition coefficient (Wildman–Crippen LogP) is 3.00. The van der Waals surface area contributed by atoms with Crippen molar-refractivity contribution in [3.63, 3.8) is 0 Å². The number of carbonyl (C=O) groups excluding carboxylic acids is 1. The zero-order chi connectivity index (χ0) is 15.0. The second-order valence-electron chi connectivity index (χ2n) is 4.78. The lowest BCUT2D eigenvalue weighted by Gasteiger charge is -1.99. The van der Waals surface area contributed by atoms with Gasteiger partial charge in [-0.1, -0.05) is 23.5 Å². The van der Waals surface area contributed by atoms with E-state index < -0.39 is 11.8 Å². The largest absolute Gasteiger partial charge is 0.477 e. The SMILES string of the molecule is O=C(O)c1sc(NC(=O)C2CC2)nc1-c1cccc(F)c1. The fourth-order valence-electron chi connectivity index (χ4n) is 1.90. The van der Waals surface area contributed by atoms with E-state index in [2.05, 4.69) is 10.3 Å². The number of thiazole rings is 1. The summed E-state index contributed by atoms with van der Waals surface area (Å²) in [5.74, 6) is -1.77. The first kappa shape index (κ1) is 13.7. The standard InChI is InChI=1S/C14H11FN2O3S/c15-9-3-1-2-8(6-9)10-11(13(19)20)21-14(16-10)17-12(18)7-4-5-7/h1-3,6-7H,4-5H2,(H,19,20)(H,16,17,18). The van der Waals surface area contributed by atoms with Crippen molar-refractivity contribution in [2.75, 3.05) is 5.32 Å². The smallest absolute Gasteiger partial charge is 0.348 e. The van der Waals surface area contributed by atoms with Gasteiger partial charge < -0.3 is 10.4 Å². The number of benzene rings is 1. The topological polar surface area (TPSA) is 79.3 Å². The molecule has 3 rings (SSSR count). The molecule has 1 fully saturated rings. The number of rotatable bonds is 4. The number of carboxylic acid groups (broad SMARTS) is 1. The van der Waals surface area contributed by atoms with E-state index >= 15 is 0 Å². The van der Waals surface area contributed by atoms with Crippen LogP contribution in [0.15, 0.2) is 24.3 Å². The predicted molar refractivity (Wildman–Crippen MR) is 75.8 cm³/mol. The van der Waals surface area contributed by atoms with Crippen LogP contribution in [0.1, 0.15) is 22.5 Å². The van der Waals surface area contributed by atoms with Gasteiger partial charge in [-0.3, -0.25) is 4.79 Å². The van der Waals surface area contributed by atoms with E-state index in [1.165, 1.54) is 18.2 Å². The average molecular weight is 306 g/mol. The van der Waals surface area contributed by atoms with E-state index in [0.717, 1.165) is 24.2 Å². The summed E-state index contributed by atoms with van der Waals surface area (Å²) in [6, 6.07) is 5.55. The second-order valence-corrected chi connectivity index (χ2v) is 5.77. The maximum absolute atomic E-state index is 13.3. The summed E-state index contributed by atoms with van der Waals surface area (Å²) >= 11 is 0.877. The zero-order valence-corrected chi connectivity index (χ0v) is 11.6. The van der Waals surface area contributed by atoms with Gasteiger partial charge in [0.05, 0.1) is 5.69 Å². The van der Waals surface area contributed by atoms with E-state index in [1.54, 1.807) is 6.07 Å². The molecule has 2 N–H and O–H groups in total. The molecule has 0 spiro atoms. The molecule has 1 saturated carbocycles. The molecule has 5 nitrogen and oxygen atoms in total. The van der Waals surface area contributed by atoms with E-state index in [-0.39, 0.29) is 27.5 Å². The van der Waals surface area contributed by atoms with Crippen molar-refractivity contribution in [2.24, 2.45) is 5.92 Å². The third kappa shape index (κ3) is 2.92. The molecule has 1 aromatic carbocycles. The van der Waals surface area contributed by atoms with Crippen LogP contribution in [0.3, 0.4) is 0 Å². The molecule has 1 amide bonds. The van der Waals surface area contributed by atoms with Gasteiger partial charge in [0, 0.05) is 11.5 Å². The van der Waals surface area contributed by atoms with Gasteiger partial charge in [0.15, 0.2) is 5.13 Å². The highest BCUT2D eigenvalue weighted by atomic mass is 32.1. The molecule has 108 valence electrons. The van der Waals surface area contributed by atoms with Crippen LogP contribution < -0.4 is 5.32 Å². The monoisotopic (exact) mass is 306 g/mol. The first-order valence-corrected chi connectivity index (χ1v) is 7.17. The molecule has 0 saturated heterocycles. The molecular formula is C14H11FN2O3S. The molecule has 1 aromatic heterocycles. The van der Waals surface area contributed by atoms with E-state index in [9.17, 15) is 19.1 Å². The molecule has 2 aromatic rings. The maximum Gasteiger partial charge on any atom is 0.348 e. The fourth-order valence-corrected chi connectivity index (χ4v) is 2.73. The highest BCUT2D eigenvalue weighted by molar-refractivity contribution is 7.18. The number of hydrogen-bond acceptors (Lipinski definition) is 4. The summed E-state index contributed by atoms with van der Waals surface area (Å²) < 4.78 is 13.3. The minimum absolute atomic E-state index is 0.000187. The third-order valence-electron chi connectivity index (χ3n) is 3.10. The van der Waals surface area contributed by atoms with Crippen molar-refractivity contribution in [1.82, 2.24) is 4.98 Å². The molecular weight excluding hydrogens is 295 g/mol. The van der Waals surface area contributed by atoms with Crippen molar-refractivity contribution < 1.29 is 19.1 Å². The summed E-state index contributed by atoms with van der Waals surface area (Å²) in [6.45, 7) is 0. The van der Waals surface area contributed by atoms with E-state index in [0.29, 0.717) is 5.56 Å². The number of nitrogens with one attached hydrogen (secondary N) is 1. The Morgan fingerprint density at radius 1 is 1.38 bits per heavy atom. The summed E-state index contributed by atoms with van der Waals surface area (Å²) in [5.41, 5.74) is 0.536. The number of aromatic nitrogens is 1. The van der Waals surface area contributed by atoms with E-state index in [4.69, 9.17) is 0 Å². The first-order valence-electron chi connectivity index (χ1n) is 6.35. The minimum Gasteiger partial charge on any atom is -0.477 e. The summed E-state index contributed by atoms with van der Waals surface area (Å²) in [4.78, 5) is 27.1. The number of amides is 1. The lowest BCUT2D eigenvalue weighted by molar-refractivity contribution is -0.117. The normalized spacial score (nSPS) is 14.0. The summed E-state index contributed by atoms with van der Waals surface area (Å²) in [5, 5.41) is 12.1. The maximum atomic E-state index is 13.3. The molecule has 0 aliphatic heterocycles. The Balaban J connectivity index is 1.96. The van der Waals surface area contributed by atoms with Crippen molar-refractivity contribution in [3.8, 4) is 11.3 Å². The molecule has 7 heteroatoms. The Kier molecular flexibility index (Phi) is 3.42. The second kappa shape index (κ2) is 5.25. The van der Waals surface area contributed by atoms with Gasteiger partial charge in [0.25, 0.3) is 0 Å². The third-order valence-corrected chi connectivity index (χ3v) is 4.06. The summed E-state index contributed by atoms with van der Waals surface area (Å²) in [7, 11) is 0. The summed E-state index contributed by atoms with van der Waals surface area (Å²) in [6.07, 6.45) is 1.69. The first-order chi connectivity index (χ1) is 10.0. The Morgan fingerprint density at radius 2 is 2.14 bits per heavy atom. The number of carboxylic acids is 1. The number of aromatic carboxylic acids is 1. The van der Waals surface area contributed by atoms with Crippen molar-refractivity contribution in [3.05, 3.63) is 35.0 Å². The average Bonchev–Trinajstić information content (AvgIpc) is 3.20. The Hall–Kier alpha value is -2.28. The lowest BCUT2D eigenvalue weighted by Crippen LogP contribution is -2.12. The van der Waals surface area contributed by atoms with Crippen molar-refractivity contribution in [1.29, 1.82) is 0 Å². The van der Waals surface area contributed by atoms with Crippen LogP contribution in [-0.4, -0.2) is 22.0 Å². The van der Waals surface area contributed by atoms with Crippen LogP contribution in [-0.2, 0) is 4.79 Å². The van der Waals surface area contributed by atoms with Gasteiger partial charge in [-0.2, -0.15) is 0 Å². The number of anilines is 1. The van der Waals surface area contributed by atoms with Crippen LogP contribution in [0, 0.1) is 11.7 Å². The molecule has 0 unspecified atom stereocenters. The highest BCUT2D eigenvalue weighted by Gasteiger charge is 2.30. The molecule has 0 bridgehead atoms. The molecule has 21 heavy (non-hydrogen) atoms. The van der Waals surface area contributed by atoms with Crippen LogP contribution in [0.4, 0.5) is 9.52 Å². The van der Waals surface area contributed by atoms with Crippen molar-refractivity contribution in [2.45, 2.75) is 12.8 Å². The number of nitrogens with zero attached hydrogens (tertiary/aromatic N) is 1. The zero-order valence-electron chi connectivity index (χ0n) is 10.8. The van der Waals surface area contributed by atoms with Crippen LogP contribution >= 0.6 is 11.3 Å². The van der Waals surface area contributed by atoms with Gasteiger partial charge in [-0.05, 0) is 25.0 Å². The Bertz CT molecular complexity index is 725. The number of halogens is 1. The van der Waals surface area contributed by atoms with Gasteiger partial charge in [0.2, 0.25) is 5.91 Å². The molecule has 0 atom stereocenters. The highest BCUT2D eigenvalue weighted by Crippen LogP contribution is 2.34. The van der Waals surface area contributed by atoms with Gasteiger partial charge in [-0.25, -0.2) is 14.2 Å². The lowest BCUT2D eigenvalue weighted by atomic mass is 10.1. The Morgan fingerprint density at radius 3 is 2.76 bits per heavy atom. The van der Waals surface area contributed by atoms with E-state index in [1.807, 2.05) is 0 Å². The van der Waals surface area contributed by atoms with Gasteiger partial charge >= 0.3 is 5.97 Å².